The molecule has 0 aliphatic carbocycles. The van der Waals surface area contributed by atoms with Crippen molar-refractivity contribution in [2.75, 3.05) is 49.7 Å². The van der Waals surface area contributed by atoms with Gasteiger partial charge in [-0.05, 0) is 18.2 Å². The van der Waals surface area contributed by atoms with E-state index in [1.165, 1.54) is 50.0 Å². The van der Waals surface area contributed by atoms with Crippen molar-refractivity contribution in [2.45, 2.75) is 0 Å². The van der Waals surface area contributed by atoms with Crippen molar-refractivity contribution in [3.05, 3.63) is 30.0 Å². The first-order valence-corrected chi connectivity index (χ1v) is 9.84. The van der Waals surface area contributed by atoms with Crippen molar-refractivity contribution < 1.29 is 27.8 Å². The number of hydrogen-bond acceptors (Lipinski definition) is 9. The first-order chi connectivity index (χ1) is 13.0. The number of benzene rings is 1. The lowest BCUT2D eigenvalue weighted by molar-refractivity contribution is 0.0600. The van der Waals surface area contributed by atoms with E-state index in [-0.39, 0.29) is 17.0 Å². The Kier molecular flexibility index (Phi) is 6.26. The van der Waals surface area contributed by atoms with Crippen molar-refractivity contribution in [1.29, 1.82) is 0 Å². The predicted molar refractivity (Wildman–Crippen MR) is 101 cm³/mol. The third-order valence-corrected chi connectivity index (χ3v) is 5.78. The molecule has 11 heteroatoms. The van der Waals surface area contributed by atoms with Crippen molar-refractivity contribution >= 4 is 44.4 Å². The van der Waals surface area contributed by atoms with E-state index in [4.69, 9.17) is 9.47 Å². The molecule has 0 bridgehead atoms. The number of thiazole rings is 1. The Bertz CT molecular complexity index is 837. The fourth-order valence-electron chi connectivity index (χ4n) is 2.61. The molecule has 1 unspecified atom stereocenters. The second kappa shape index (κ2) is 8.65. The normalized spacial score (nSPS) is 15.3. The average molecular weight is 412 g/mol. The van der Waals surface area contributed by atoms with E-state index in [0.717, 1.165) is 4.31 Å². The lowest BCUT2D eigenvalue weighted by Crippen LogP contribution is -2.36. The summed E-state index contributed by atoms with van der Waals surface area (Å²) in [5.41, 5.74) is 0.531. The lowest BCUT2D eigenvalue weighted by Gasteiger charge is -2.27. The molecule has 2 aromatic rings. The summed E-state index contributed by atoms with van der Waals surface area (Å²) in [6.45, 7) is 2.61. The van der Waals surface area contributed by atoms with Gasteiger partial charge in [-0.2, -0.15) is 0 Å². The van der Waals surface area contributed by atoms with Gasteiger partial charge in [0.05, 0.1) is 56.1 Å². The quantitative estimate of drug-likeness (QED) is 0.522. The van der Waals surface area contributed by atoms with Crippen LogP contribution in [0.2, 0.25) is 0 Å². The van der Waals surface area contributed by atoms with E-state index in [1.54, 1.807) is 0 Å². The standard InChI is InChI=1S/C16H19N3O6S2/c1-23-13-9-11(15(20)24-2)3-4-12(13)19(27(21)22)14-10-17-16(26-14)18-5-7-25-8-6-18/h3-4,9-10H,5-8H2,1-2H3,(H,21,22)/p-1. The third-order valence-electron chi connectivity index (χ3n) is 3.93. The van der Waals surface area contributed by atoms with Crippen LogP contribution in [0.4, 0.5) is 15.8 Å². The van der Waals surface area contributed by atoms with E-state index in [2.05, 4.69) is 9.72 Å². The molecule has 1 atom stereocenters. The fourth-order valence-corrected chi connectivity index (χ4v) is 4.30. The molecule has 1 aliphatic heterocycles. The summed E-state index contributed by atoms with van der Waals surface area (Å²) in [6, 6.07) is 4.41. The van der Waals surface area contributed by atoms with Crippen LogP contribution in [-0.2, 0) is 20.7 Å². The molecule has 3 rings (SSSR count). The van der Waals surface area contributed by atoms with Gasteiger partial charge in [0.15, 0.2) is 5.13 Å². The summed E-state index contributed by atoms with van der Waals surface area (Å²) in [7, 11) is 2.67. The second-order valence-electron chi connectivity index (χ2n) is 5.47. The molecule has 1 aliphatic rings. The molecule has 1 saturated heterocycles. The number of carbonyl (C=O) groups excluding carboxylic acids is 1. The molecule has 0 spiro atoms. The van der Waals surface area contributed by atoms with Gasteiger partial charge in [-0.25, -0.2) is 9.78 Å². The molecule has 0 amide bonds. The van der Waals surface area contributed by atoms with Gasteiger partial charge in [-0.15, -0.1) is 0 Å². The van der Waals surface area contributed by atoms with E-state index in [0.29, 0.717) is 36.4 Å². The van der Waals surface area contributed by atoms with Crippen LogP contribution in [0, 0.1) is 0 Å². The van der Waals surface area contributed by atoms with Crippen molar-refractivity contribution in [3.8, 4) is 5.75 Å². The Hall–Kier alpha value is -2.21. The number of morpholine rings is 1. The van der Waals surface area contributed by atoms with E-state index in [1.807, 2.05) is 4.90 Å². The molecular formula is C16H18N3O6S2-. The molecular weight excluding hydrogens is 394 g/mol. The van der Waals surface area contributed by atoms with Crippen molar-refractivity contribution in [1.82, 2.24) is 4.98 Å². The van der Waals surface area contributed by atoms with Gasteiger partial charge >= 0.3 is 5.97 Å². The molecule has 0 saturated carbocycles. The maximum atomic E-state index is 12.0. The fraction of sp³-hybridized carbons (Fsp3) is 0.375. The lowest BCUT2D eigenvalue weighted by atomic mass is 10.2. The number of aromatic nitrogens is 1. The third kappa shape index (κ3) is 4.21. The summed E-state index contributed by atoms with van der Waals surface area (Å²) in [5.74, 6) is -0.314. The number of hydrogen-bond donors (Lipinski definition) is 0. The number of ether oxygens (including phenoxy) is 3. The zero-order chi connectivity index (χ0) is 19.4. The van der Waals surface area contributed by atoms with Crippen LogP contribution < -0.4 is 13.9 Å². The number of methoxy groups -OCH3 is 2. The van der Waals surface area contributed by atoms with Gasteiger partial charge in [0.25, 0.3) is 0 Å². The molecule has 2 heterocycles. The molecule has 146 valence electrons. The molecule has 27 heavy (non-hydrogen) atoms. The highest BCUT2D eigenvalue weighted by Gasteiger charge is 2.22. The zero-order valence-electron chi connectivity index (χ0n) is 14.7. The minimum atomic E-state index is -2.61. The maximum absolute atomic E-state index is 12.0. The van der Waals surface area contributed by atoms with Crippen LogP contribution in [0.1, 0.15) is 10.4 Å². The van der Waals surface area contributed by atoms with Gasteiger partial charge in [0, 0.05) is 13.1 Å². The summed E-state index contributed by atoms with van der Waals surface area (Å²) < 4.78 is 40.3. The predicted octanol–water partition coefficient (Wildman–Crippen LogP) is 1.71. The molecule has 1 fully saturated rings. The highest BCUT2D eigenvalue weighted by molar-refractivity contribution is 7.81. The van der Waals surface area contributed by atoms with Gasteiger partial charge in [0.1, 0.15) is 10.8 Å². The summed E-state index contributed by atoms with van der Waals surface area (Å²) in [6.07, 6.45) is 1.50. The minimum Gasteiger partial charge on any atom is -0.755 e. The van der Waals surface area contributed by atoms with Crippen LogP contribution in [0.5, 0.6) is 5.75 Å². The molecule has 0 radical (unpaired) electrons. The van der Waals surface area contributed by atoms with Crippen molar-refractivity contribution in [3.63, 3.8) is 0 Å². The first-order valence-electron chi connectivity index (χ1n) is 7.99. The zero-order valence-corrected chi connectivity index (χ0v) is 16.4. The second-order valence-corrected chi connectivity index (χ2v) is 7.26. The monoisotopic (exact) mass is 412 g/mol. The molecule has 1 aromatic heterocycles. The van der Waals surface area contributed by atoms with Crippen LogP contribution in [0.25, 0.3) is 0 Å². The van der Waals surface area contributed by atoms with Crippen LogP contribution in [0.3, 0.4) is 0 Å². The van der Waals surface area contributed by atoms with E-state index in [9.17, 15) is 13.6 Å². The largest absolute Gasteiger partial charge is 0.755 e. The van der Waals surface area contributed by atoms with Crippen LogP contribution in [-0.4, -0.2) is 60.2 Å². The summed E-state index contributed by atoms with van der Waals surface area (Å²) in [4.78, 5) is 18.1. The SMILES string of the molecule is COC(=O)c1ccc(N(c2cnc(N3CCOCC3)s2)S(=O)[O-])c(OC)c1. The van der Waals surface area contributed by atoms with Crippen molar-refractivity contribution in [2.24, 2.45) is 0 Å². The number of carbonyl (C=O) groups is 1. The number of anilines is 3. The van der Waals surface area contributed by atoms with E-state index < -0.39 is 17.2 Å². The van der Waals surface area contributed by atoms with Gasteiger partial charge in [-0.3, -0.25) is 8.51 Å². The number of esters is 1. The minimum absolute atomic E-state index is 0.225. The number of rotatable bonds is 6. The molecule has 0 N–H and O–H groups in total. The van der Waals surface area contributed by atoms with Gasteiger partial charge in [0.2, 0.25) is 0 Å². The molecule has 1 aromatic carbocycles. The Morgan fingerprint density at radius 2 is 2.11 bits per heavy atom. The maximum Gasteiger partial charge on any atom is 0.337 e. The Morgan fingerprint density at radius 1 is 1.37 bits per heavy atom. The smallest absolute Gasteiger partial charge is 0.337 e. The Labute approximate surface area is 162 Å². The first kappa shape index (κ1) is 19.5. The van der Waals surface area contributed by atoms with Crippen LogP contribution >= 0.6 is 11.3 Å². The van der Waals surface area contributed by atoms with Gasteiger partial charge < -0.3 is 23.7 Å². The van der Waals surface area contributed by atoms with Gasteiger partial charge in [-0.1, -0.05) is 11.3 Å². The summed E-state index contributed by atoms with van der Waals surface area (Å²) in [5, 5.41) is 1.13. The van der Waals surface area contributed by atoms with Crippen LogP contribution in [0.15, 0.2) is 24.4 Å². The Balaban J connectivity index is 1.95. The topological polar surface area (TPSA) is 104 Å². The summed E-state index contributed by atoms with van der Waals surface area (Å²) >= 11 is -1.36. The average Bonchev–Trinajstić information content (AvgIpc) is 3.17. The van der Waals surface area contributed by atoms with E-state index >= 15 is 0 Å². The highest BCUT2D eigenvalue weighted by atomic mass is 32.2. The molecule has 9 nitrogen and oxygen atoms in total. The Morgan fingerprint density at radius 3 is 2.74 bits per heavy atom. The highest BCUT2D eigenvalue weighted by Crippen LogP contribution is 2.40. The number of nitrogens with zero attached hydrogens (tertiary/aromatic N) is 3.